The molecule has 4 rings (SSSR count). The molecular formula is C26H27ClN2O4S. The number of hydrogen-bond acceptors (Lipinski definition) is 6. The zero-order chi connectivity index (χ0) is 24.1. The number of aliphatic hydroxyl groups is 1. The number of pyridine rings is 1. The fraction of sp³-hybridized carbons (Fsp3) is 0.385. The number of halogens is 1. The van der Waals surface area contributed by atoms with Crippen LogP contribution in [0.15, 0.2) is 41.9 Å². The van der Waals surface area contributed by atoms with Crippen LogP contribution in [0.25, 0.3) is 10.9 Å². The maximum atomic E-state index is 12.0. The minimum Gasteiger partial charge on any atom is -0.497 e. The monoisotopic (exact) mass is 498 g/mol. The van der Waals surface area contributed by atoms with Crippen LogP contribution in [0.4, 0.5) is 0 Å². The summed E-state index contributed by atoms with van der Waals surface area (Å²) in [6.45, 7) is 1.75. The predicted octanol–water partition coefficient (Wildman–Crippen LogP) is 4.85. The highest BCUT2D eigenvalue weighted by atomic mass is 35.5. The molecule has 0 radical (unpaired) electrons. The molecule has 2 aromatic heterocycles. The number of aliphatic hydroxyl groups excluding tert-OH is 1. The molecule has 0 aliphatic carbocycles. The van der Waals surface area contributed by atoms with Crippen LogP contribution in [0.3, 0.4) is 0 Å². The van der Waals surface area contributed by atoms with E-state index in [0.29, 0.717) is 36.7 Å². The van der Waals surface area contributed by atoms with Gasteiger partial charge in [-0.1, -0.05) is 23.4 Å². The summed E-state index contributed by atoms with van der Waals surface area (Å²) < 4.78 is 5.32. The Hall–Kier alpha value is -2.63. The number of benzene rings is 1. The van der Waals surface area contributed by atoms with Gasteiger partial charge in [0.15, 0.2) is 0 Å². The summed E-state index contributed by atoms with van der Waals surface area (Å²) >= 11 is 7.58. The fourth-order valence-electron chi connectivity index (χ4n) is 4.54. The zero-order valence-corrected chi connectivity index (χ0v) is 20.5. The summed E-state index contributed by atoms with van der Waals surface area (Å²) in [5.41, 5.74) is 1.58. The van der Waals surface area contributed by atoms with Crippen LogP contribution >= 0.6 is 22.9 Å². The number of ether oxygens (including phenoxy) is 1. The highest BCUT2D eigenvalue weighted by Gasteiger charge is 2.34. The maximum Gasteiger partial charge on any atom is 0.308 e. The summed E-state index contributed by atoms with van der Waals surface area (Å²) in [6.07, 6.45) is 2.87. The first kappa shape index (κ1) is 24.5. The second-order valence-corrected chi connectivity index (χ2v) is 9.83. The molecule has 3 atom stereocenters. The first-order valence-electron chi connectivity index (χ1n) is 11.2. The second-order valence-electron chi connectivity index (χ2n) is 8.50. The number of aromatic nitrogens is 1. The lowest BCUT2D eigenvalue weighted by molar-refractivity contribution is -0.146. The predicted molar refractivity (Wildman–Crippen MR) is 134 cm³/mol. The van der Waals surface area contributed by atoms with Gasteiger partial charge < -0.3 is 14.9 Å². The van der Waals surface area contributed by atoms with Crippen LogP contribution in [-0.4, -0.2) is 52.8 Å². The van der Waals surface area contributed by atoms with Gasteiger partial charge in [0, 0.05) is 18.1 Å². The van der Waals surface area contributed by atoms with Gasteiger partial charge in [-0.25, -0.2) is 0 Å². The first-order valence-corrected chi connectivity index (χ1v) is 12.5. The second kappa shape index (κ2) is 11.2. The minimum atomic E-state index is -0.794. The number of likely N-dealkylation sites (tertiary alicyclic amines) is 1. The summed E-state index contributed by atoms with van der Waals surface area (Å²) in [5.74, 6) is 5.63. The average Bonchev–Trinajstić information content (AvgIpc) is 3.26. The van der Waals surface area contributed by atoms with Crippen molar-refractivity contribution in [2.24, 2.45) is 11.8 Å². The normalized spacial score (nSPS) is 19.4. The number of rotatable bonds is 7. The van der Waals surface area contributed by atoms with Gasteiger partial charge in [-0.3, -0.25) is 14.7 Å². The van der Waals surface area contributed by atoms with Gasteiger partial charge in [0.2, 0.25) is 0 Å². The van der Waals surface area contributed by atoms with Crippen molar-refractivity contribution < 1.29 is 19.7 Å². The van der Waals surface area contributed by atoms with E-state index in [1.165, 1.54) is 11.3 Å². The largest absolute Gasteiger partial charge is 0.497 e. The van der Waals surface area contributed by atoms with Crippen molar-refractivity contribution in [1.82, 2.24) is 9.88 Å². The quantitative estimate of drug-likeness (QED) is 0.453. The standard InChI is InChI=1S/C26H27ClN2O4S/c1-33-18-5-6-23-20(15-18)19(8-11-28-23)24(30)7-4-17-9-13-29(16-21(17)26(31)32)12-2-3-25-22(27)10-14-34-25/h5-6,8,10-11,14-15,17,21,24,30H,4,7,9,12-13,16H2,1H3,(H,31,32)/t17-,21+,24-/m1/s1. The van der Waals surface area contributed by atoms with Gasteiger partial charge in [0.25, 0.3) is 0 Å². The van der Waals surface area contributed by atoms with Crippen molar-refractivity contribution >= 4 is 39.8 Å². The molecule has 1 aliphatic rings. The van der Waals surface area contributed by atoms with E-state index in [-0.39, 0.29) is 5.92 Å². The van der Waals surface area contributed by atoms with E-state index in [2.05, 4.69) is 21.7 Å². The zero-order valence-electron chi connectivity index (χ0n) is 18.9. The van der Waals surface area contributed by atoms with Crippen LogP contribution < -0.4 is 4.74 Å². The number of carbonyl (C=O) groups is 1. The van der Waals surface area contributed by atoms with E-state index in [4.69, 9.17) is 16.3 Å². The van der Waals surface area contributed by atoms with Gasteiger partial charge in [-0.05, 0) is 73.0 Å². The number of piperidine rings is 1. The molecule has 0 amide bonds. The smallest absolute Gasteiger partial charge is 0.308 e. The Balaban J connectivity index is 1.38. The Bertz CT molecular complexity index is 1220. The van der Waals surface area contributed by atoms with E-state index in [9.17, 15) is 15.0 Å². The van der Waals surface area contributed by atoms with Crippen LogP contribution in [0.5, 0.6) is 5.75 Å². The lowest BCUT2D eigenvalue weighted by atomic mass is 9.81. The maximum absolute atomic E-state index is 12.0. The Morgan fingerprint density at radius 3 is 2.97 bits per heavy atom. The highest BCUT2D eigenvalue weighted by molar-refractivity contribution is 7.11. The van der Waals surface area contributed by atoms with Crippen molar-refractivity contribution in [3.63, 3.8) is 0 Å². The molecule has 1 aromatic carbocycles. The van der Waals surface area contributed by atoms with Crippen molar-refractivity contribution in [2.75, 3.05) is 26.7 Å². The Morgan fingerprint density at radius 1 is 1.38 bits per heavy atom. The lowest BCUT2D eigenvalue weighted by Crippen LogP contribution is -2.44. The third kappa shape index (κ3) is 5.70. The van der Waals surface area contributed by atoms with Crippen LogP contribution in [0.2, 0.25) is 5.02 Å². The summed E-state index contributed by atoms with van der Waals surface area (Å²) in [6, 6.07) is 9.24. The average molecular weight is 499 g/mol. The van der Waals surface area contributed by atoms with E-state index in [1.54, 1.807) is 13.3 Å². The van der Waals surface area contributed by atoms with Gasteiger partial charge in [0.1, 0.15) is 5.75 Å². The molecule has 8 heteroatoms. The number of methoxy groups -OCH3 is 1. The molecule has 178 valence electrons. The Morgan fingerprint density at radius 2 is 2.24 bits per heavy atom. The SMILES string of the molecule is COc1ccc2nccc([C@H](O)CC[C@@H]3CCN(CC#Cc4sccc4Cl)C[C@@H]3C(=O)O)c2c1. The lowest BCUT2D eigenvalue weighted by Gasteiger charge is -2.36. The summed E-state index contributed by atoms with van der Waals surface area (Å²) in [7, 11) is 1.61. The van der Waals surface area contributed by atoms with E-state index < -0.39 is 18.0 Å². The molecule has 0 saturated carbocycles. The first-order chi connectivity index (χ1) is 16.5. The number of fused-ring (bicyclic) bond motifs is 1. The molecule has 1 fully saturated rings. The Labute approximate surface area is 208 Å². The molecule has 0 unspecified atom stereocenters. The molecule has 3 aromatic rings. The molecule has 34 heavy (non-hydrogen) atoms. The van der Waals surface area contributed by atoms with Gasteiger partial charge in [0.05, 0.1) is 41.1 Å². The fourth-order valence-corrected chi connectivity index (χ4v) is 5.51. The number of thiophene rings is 1. The minimum absolute atomic E-state index is 0.00531. The van der Waals surface area contributed by atoms with Crippen molar-refractivity contribution in [1.29, 1.82) is 0 Å². The molecule has 0 spiro atoms. The molecule has 1 aliphatic heterocycles. The number of hydrogen-bond donors (Lipinski definition) is 2. The van der Waals surface area contributed by atoms with Gasteiger partial charge >= 0.3 is 5.97 Å². The van der Waals surface area contributed by atoms with E-state index in [0.717, 1.165) is 34.3 Å². The summed E-state index contributed by atoms with van der Waals surface area (Å²) in [5, 5.41) is 24.2. The molecule has 6 nitrogen and oxygen atoms in total. The summed E-state index contributed by atoms with van der Waals surface area (Å²) in [4.78, 5) is 19.3. The van der Waals surface area contributed by atoms with Crippen LogP contribution in [0, 0.1) is 23.7 Å². The number of nitrogens with zero attached hydrogens (tertiary/aromatic N) is 2. The topological polar surface area (TPSA) is 82.9 Å². The van der Waals surface area contributed by atoms with Gasteiger partial charge in [-0.15, -0.1) is 11.3 Å². The molecular weight excluding hydrogens is 472 g/mol. The van der Waals surface area contributed by atoms with Crippen molar-refractivity contribution in [2.45, 2.75) is 25.4 Å². The highest BCUT2D eigenvalue weighted by Crippen LogP contribution is 2.33. The molecule has 3 heterocycles. The molecule has 0 bridgehead atoms. The van der Waals surface area contributed by atoms with E-state index >= 15 is 0 Å². The third-order valence-corrected chi connectivity index (χ3v) is 7.69. The van der Waals surface area contributed by atoms with Crippen molar-refractivity contribution in [3.05, 3.63) is 57.4 Å². The van der Waals surface area contributed by atoms with E-state index in [1.807, 2.05) is 35.7 Å². The Kier molecular flexibility index (Phi) is 8.07. The molecule has 1 saturated heterocycles. The van der Waals surface area contributed by atoms with Crippen molar-refractivity contribution in [3.8, 4) is 17.6 Å². The van der Waals surface area contributed by atoms with Crippen LogP contribution in [-0.2, 0) is 4.79 Å². The molecule has 2 N–H and O–H groups in total. The number of carboxylic acids is 1. The van der Waals surface area contributed by atoms with Crippen LogP contribution in [0.1, 0.15) is 35.8 Å². The number of aliphatic carboxylic acids is 1. The number of carboxylic acid groups (broad SMARTS) is 1. The third-order valence-electron chi connectivity index (χ3n) is 6.43. The van der Waals surface area contributed by atoms with Gasteiger partial charge in [-0.2, -0.15) is 0 Å².